The van der Waals surface area contributed by atoms with Gasteiger partial charge in [-0.2, -0.15) is 5.10 Å². The number of benzene rings is 1. The summed E-state index contributed by atoms with van der Waals surface area (Å²) < 4.78 is 7.12. The normalized spacial score (nSPS) is 10.4. The summed E-state index contributed by atoms with van der Waals surface area (Å²) in [5.74, 6) is 0.867. The predicted octanol–water partition coefficient (Wildman–Crippen LogP) is 2.66. The fourth-order valence-electron chi connectivity index (χ4n) is 1.83. The lowest BCUT2D eigenvalue weighted by Gasteiger charge is -2.11. The number of rotatable bonds is 4. The minimum absolute atomic E-state index is 0.772. The summed E-state index contributed by atoms with van der Waals surface area (Å²) in [4.78, 5) is 0. The quantitative estimate of drug-likeness (QED) is 0.900. The summed E-state index contributed by atoms with van der Waals surface area (Å²) in [6, 6.07) is 6.04. The molecular formula is C14H19N3O. The van der Waals surface area contributed by atoms with Crippen molar-refractivity contribution >= 4 is 5.69 Å². The van der Waals surface area contributed by atoms with E-state index in [1.807, 2.05) is 30.1 Å². The van der Waals surface area contributed by atoms with Crippen molar-refractivity contribution in [3.05, 3.63) is 41.2 Å². The van der Waals surface area contributed by atoms with E-state index in [1.165, 1.54) is 16.8 Å². The second kappa shape index (κ2) is 5.12. The Morgan fingerprint density at radius 3 is 2.72 bits per heavy atom. The molecule has 2 aromatic rings. The van der Waals surface area contributed by atoms with E-state index >= 15 is 0 Å². The Labute approximate surface area is 108 Å². The van der Waals surface area contributed by atoms with E-state index in [0.29, 0.717) is 0 Å². The van der Waals surface area contributed by atoms with E-state index in [0.717, 1.165) is 18.0 Å². The molecule has 0 aliphatic heterocycles. The van der Waals surface area contributed by atoms with Gasteiger partial charge in [0.2, 0.25) is 0 Å². The third kappa shape index (κ3) is 2.47. The maximum Gasteiger partial charge on any atom is 0.120 e. The Kier molecular flexibility index (Phi) is 3.55. The van der Waals surface area contributed by atoms with Crippen LogP contribution >= 0.6 is 0 Å². The molecule has 1 aromatic carbocycles. The monoisotopic (exact) mass is 245 g/mol. The number of anilines is 1. The highest BCUT2D eigenvalue weighted by Gasteiger charge is 2.05. The van der Waals surface area contributed by atoms with E-state index in [1.54, 1.807) is 7.11 Å². The Hall–Kier alpha value is -1.97. The standard InChI is InChI=1S/C14H19N3O/c1-10-5-6-13(18-4)7-14(10)15-8-12-9-16-17(3)11(12)2/h5-7,9,15H,8H2,1-4H3. The zero-order valence-electron chi connectivity index (χ0n) is 11.3. The van der Waals surface area contributed by atoms with Crippen LogP contribution in [0.4, 0.5) is 5.69 Å². The van der Waals surface area contributed by atoms with Crippen molar-refractivity contribution in [2.75, 3.05) is 12.4 Å². The summed E-state index contributed by atoms with van der Waals surface area (Å²) in [6.45, 7) is 4.92. The number of hydrogen-bond donors (Lipinski definition) is 1. The van der Waals surface area contributed by atoms with Crippen molar-refractivity contribution in [1.29, 1.82) is 0 Å². The molecule has 0 aliphatic carbocycles. The molecule has 18 heavy (non-hydrogen) atoms. The average Bonchev–Trinajstić information content (AvgIpc) is 2.69. The molecule has 0 radical (unpaired) electrons. The van der Waals surface area contributed by atoms with Gasteiger partial charge in [-0.1, -0.05) is 6.07 Å². The first kappa shape index (κ1) is 12.5. The van der Waals surface area contributed by atoms with Crippen molar-refractivity contribution in [1.82, 2.24) is 9.78 Å². The smallest absolute Gasteiger partial charge is 0.120 e. The molecule has 2 rings (SSSR count). The molecule has 1 heterocycles. The second-order valence-corrected chi connectivity index (χ2v) is 4.41. The van der Waals surface area contributed by atoms with Gasteiger partial charge in [-0.25, -0.2) is 0 Å². The van der Waals surface area contributed by atoms with E-state index in [4.69, 9.17) is 4.74 Å². The molecule has 0 saturated carbocycles. The third-order valence-electron chi connectivity index (χ3n) is 3.25. The van der Waals surface area contributed by atoms with E-state index in [2.05, 4.69) is 30.3 Å². The van der Waals surface area contributed by atoms with Crippen LogP contribution in [0.1, 0.15) is 16.8 Å². The molecule has 96 valence electrons. The Morgan fingerprint density at radius 1 is 1.33 bits per heavy atom. The van der Waals surface area contributed by atoms with Crippen LogP contribution in [0.5, 0.6) is 5.75 Å². The van der Waals surface area contributed by atoms with Gasteiger partial charge in [0.15, 0.2) is 0 Å². The van der Waals surface area contributed by atoms with E-state index in [9.17, 15) is 0 Å². The van der Waals surface area contributed by atoms with Crippen molar-refractivity contribution in [2.45, 2.75) is 20.4 Å². The molecule has 0 fully saturated rings. The molecule has 0 aliphatic rings. The molecule has 0 atom stereocenters. The minimum atomic E-state index is 0.772. The van der Waals surface area contributed by atoms with Crippen molar-refractivity contribution in [3.8, 4) is 5.75 Å². The van der Waals surface area contributed by atoms with Crippen LogP contribution < -0.4 is 10.1 Å². The van der Waals surface area contributed by atoms with Crippen LogP contribution in [0.25, 0.3) is 0 Å². The van der Waals surface area contributed by atoms with Crippen LogP contribution in [0.3, 0.4) is 0 Å². The fraction of sp³-hybridized carbons (Fsp3) is 0.357. The lowest BCUT2D eigenvalue weighted by Crippen LogP contribution is -2.03. The molecule has 0 saturated heterocycles. The highest BCUT2D eigenvalue weighted by molar-refractivity contribution is 5.54. The zero-order valence-corrected chi connectivity index (χ0v) is 11.3. The Morgan fingerprint density at radius 2 is 2.11 bits per heavy atom. The first-order valence-electron chi connectivity index (χ1n) is 5.98. The van der Waals surface area contributed by atoms with E-state index in [-0.39, 0.29) is 0 Å². The molecule has 0 amide bonds. The van der Waals surface area contributed by atoms with Crippen LogP contribution in [0, 0.1) is 13.8 Å². The summed E-state index contributed by atoms with van der Waals surface area (Å²) in [5.41, 5.74) is 4.69. The molecule has 4 heteroatoms. The van der Waals surface area contributed by atoms with E-state index < -0.39 is 0 Å². The van der Waals surface area contributed by atoms with Gasteiger partial charge in [0.1, 0.15) is 5.75 Å². The number of aromatic nitrogens is 2. The number of nitrogens with zero attached hydrogens (tertiary/aromatic N) is 2. The largest absolute Gasteiger partial charge is 0.497 e. The maximum absolute atomic E-state index is 5.23. The molecule has 4 nitrogen and oxygen atoms in total. The number of hydrogen-bond acceptors (Lipinski definition) is 3. The molecular weight excluding hydrogens is 226 g/mol. The summed E-state index contributed by atoms with van der Waals surface area (Å²) in [7, 11) is 3.63. The topological polar surface area (TPSA) is 39.1 Å². The van der Waals surface area contributed by atoms with Gasteiger partial charge in [-0.3, -0.25) is 4.68 Å². The van der Waals surface area contributed by atoms with Gasteiger partial charge in [0.25, 0.3) is 0 Å². The lowest BCUT2D eigenvalue weighted by molar-refractivity contribution is 0.415. The first-order chi connectivity index (χ1) is 8.61. The van der Waals surface area contributed by atoms with Gasteiger partial charge in [-0.05, 0) is 25.5 Å². The molecule has 0 spiro atoms. The van der Waals surface area contributed by atoms with Gasteiger partial charge < -0.3 is 10.1 Å². The Balaban J connectivity index is 2.12. The van der Waals surface area contributed by atoms with Crippen LogP contribution in [0.15, 0.2) is 24.4 Å². The summed E-state index contributed by atoms with van der Waals surface area (Å²) in [6.07, 6.45) is 1.90. The zero-order chi connectivity index (χ0) is 13.1. The maximum atomic E-state index is 5.23. The lowest BCUT2D eigenvalue weighted by atomic mass is 10.2. The number of aryl methyl sites for hydroxylation is 2. The Bertz CT molecular complexity index is 546. The van der Waals surface area contributed by atoms with Crippen molar-refractivity contribution < 1.29 is 4.74 Å². The van der Waals surface area contributed by atoms with Crippen LogP contribution in [0.2, 0.25) is 0 Å². The summed E-state index contributed by atoms with van der Waals surface area (Å²) in [5, 5.41) is 7.66. The second-order valence-electron chi connectivity index (χ2n) is 4.41. The first-order valence-corrected chi connectivity index (χ1v) is 5.98. The predicted molar refractivity (Wildman–Crippen MR) is 73.0 cm³/mol. The van der Waals surface area contributed by atoms with Crippen LogP contribution in [-0.2, 0) is 13.6 Å². The van der Waals surface area contributed by atoms with Gasteiger partial charge in [-0.15, -0.1) is 0 Å². The van der Waals surface area contributed by atoms with Crippen molar-refractivity contribution in [3.63, 3.8) is 0 Å². The molecule has 1 aromatic heterocycles. The molecule has 1 N–H and O–H groups in total. The van der Waals surface area contributed by atoms with Crippen LogP contribution in [-0.4, -0.2) is 16.9 Å². The minimum Gasteiger partial charge on any atom is -0.497 e. The number of methoxy groups -OCH3 is 1. The third-order valence-corrected chi connectivity index (χ3v) is 3.25. The molecule has 0 unspecified atom stereocenters. The summed E-state index contributed by atoms with van der Waals surface area (Å²) >= 11 is 0. The number of ether oxygens (including phenoxy) is 1. The van der Waals surface area contributed by atoms with Gasteiger partial charge in [0, 0.05) is 36.6 Å². The average molecular weight is 245 g/mol. The van der Waals surface area contributed by atoms with Gasteiger partial charge >= 0.3 is 0 Å². The highest BCUT2D eigenvalue weighted by Crippen LogP contribution is 2.22. The van der Waals surface area contributed by atoms with Gasteiger partial charge in [0.05, 0.1) is 13.3 Å². The van der Waals surface area contributed by atoms with Crippen molar-refractivity contribution in [2.24, 2.45) is 7.05 Å². The molecule has 0 bridgehead atoms. The number of nitrogens with one attached hydrogen (secondary N) is 1. The fourth-order valence-corrected chi connectivity index (χ4v) is 1.83. The highest BCUT2D eigenvalue weighted by atomic mass is 16.5. The SMILES string of the molecule is COc1ccc(C)c(NCc2cnn(C)c2C)c1.